The fourth-order valence-electron chi connectivity index (χ4n) is 3.19. The Balaban J connectivity index is 1.59. The number of hydrogen-bond acceptors (Lipinski definition) is 4. The number of carbonyl (C=O) groups excluding carboxylic acids is 3. The molecule has 2 aromatic rings. The third-order valence-corrected chi connectivity index (χ3v) is 4.75. The zero-order chi connectivity index (χ0) is 20.3. The molecule has 146 valence electrons. The lowest BCUT2D eigenvalue weighted by atomic mass is 9.98. The molecule has 0 radical (unpaired) electrons. The monoisotopic (exact) mass is 384 g/mol. The van der Waals surface area contributed by atoms with Crippen molar-refractivity contribution in [1.82, 2.24) is 10.2 Å². The zero-order valence-electron chi connectivity index (χ0n) is 15.7. The molecule has 1 atom stereocenters. The van der Waals surface area contributed by atoms with Crippen LogP contribution in [-0.2, 0) is 16.0 Å². The van der Waals surface area contributed by atoms with E-state index in [4.69, 9.17) is 4.74 Å². The second-order valence-electron chi connectivity index (χ2n) is 6.62. The SMILES string of the molecule is COc1ccc([C@@H](C)NC(=O)CCN2C(=O)Cc3ccccc3C2=O)cc1F. The third-order valence-electron chi connectivity index (χ3n) is 4.75. The Bertz CT molecular complexity index is 928. The summed E-state index contributed by atoms with van der Waals surface area (Å²) in [6, 6.07) is 11.0. The number of carbonyl (C=O) groups is 3. The molecule has 1 aliphatic heterocycles. The molecule has 2 aromatic carbocycles. The molecule has 0 aromatic heterocycles. The molecule has 0 bridgehead atoms. The fourth-order valence-corrected chi connectivity index (χ4v) is 3.19. The van der Waals surface area contributed by atoms with Gasteiger partial charge in [0.1, 0.15) is 0 Å². The van der Waals surface area contributed by atoms with Crippen molar-refractivity contribution < 1.29 is 23.5 Å². The largest absolute Gasteiger partial charge is 0.494 e. The Hall–Kier alpha value is -3.22. The Kier molecular flexibility index (Phi) is 5.73. The van der Waals surface area contributed by atoms with Crippen molar-refractivity contribution in [1.29, 1.82) is 0 Å². The van der Waals surface area contributed by atoms with Crippen molar-refractivity contribution >= 4 is 17.7 Å². The number of methoxy groups -OCH3 is 1. The van der Waals surface area contributed by atoms with Gasteiger partial charge in [0.2, 0.25) is 11.8 Å². The minimum absolute atomic E-state index is 0.00152. The Labute approximate surface area is 162 Å². The van der Waals surface area contributed by atoms with Gasteiger partial charge < -0.3 is 10.1 Å². The van der Waals surface area contributed by atoms with Gasteiger partial charge >= 0.3 is 0 Å². The average Bonchev–Trinajstić information content (AvgIpc) is 2.67. The number of imide groups is 1. The van der Waals surface area contributed by atoms with Crippen LogP contribution in [0.4, 0.5) is 4.39 Å². The summed E-state index contributed by atoms with van der Waals surface area (Å²) in [6.45, 7) is 1.73. The predicted molar refractivity (Wildman–Crippen MR) is 100 cm³/mol. The molecule has 1 aliphatic rings. The molecule has 0 saturated carbocycles. The average molecular weight is 384 g/mol. The minimum Gasteiger partial charge on any atom is -0.494 e. The first-order valence-electron chi connectivity index (χ1n) is 8.96. The van der Waals surface area contributed by atoms with Crippen LogP contribution in [0.5, 0.6) is 5.75 Å². The predicted octanol–water partition coefficient (Wildman–Crippen LogP) is 2.63. The van der Waals surface area contributed by atoms with Gasteiger partial charge in [-0.2, -0.15) is 0 Å². The number of nitrogens with one attached hydrogen (secondary N) is 1. The second-order valence-corrected chi connectivity index (χ2v) is 6.62. The van der Waals surface area contributed by atoms with Crippen LogP contribution in [0.2, 0.25) is 0 Å². The van der Waals surface area contributed by atoms with E-state index in [1.165, 1.54) is 19.2 Å². The van der Waals surface area contributed by atoms with Crippen molar-refractivity contribution in [3.63, 3.8) is 0 Å². The second kappa shape index (κ2) is 8.21. The first kappa shape index (κ1) is 19.5. The quantitative estimate of drug-likeness (QED) is 0.777. The van der Waals surface area contributed by atoms with Crippen LogP contribution >= 0.6 is 0 Å². The van der Waals surface area contributed by atoms with Crippen LogP contribution in [0, 0.1) is 5.82 Å². The fraction of sp³-hybridized carbons (Fsp3) is 0.286. The summed E-state index contributed by atoms with van der Waals surface area (Å²) in [4.78, 5) is 38.1. The van der Waals surface area contributed by atoms with E-state index < -0.39 is 11.9 Å². The standard InChI is InChI=1S/C21H21FN2O4/c1-13(14-7-8-18(28-2)17(22)11-14)23-19(25)9-10-24-20(26)12-15-5-3-4-6-16(15)21(24)27/h3-8,11,13H,9-10,12H2,1-2H3,(H,23,25)/t13-/m1/s1. The first-order valence-corrected chi connectivity index (χ1v) is 8.96. The zero-order valence-corrected chi connectivity index (χ0v) is 15.7. The highest BCUT2D eigenvalue weighted by Crippen LogP contribution is 2.22. The summed E-state index contributed by atoms with van der Waals surface area (Å²) in [7, 11) is 1.38. The lowest BCUT2D eigenvalue weighted by Crippen LogP contribution is -2.44. The number of halogens is 1. The van der Waals surface area contributed by atoms with Crippen molar-refractivity contribution in [2.75, 3.05) is 13.7 Å². The van der Waals surface area contributed by atoms with Crippen LogP contribution in [0.15, 0.2) is 42.5 Å². The van der Waals surface area contributed by atoms with Crippen molar-refractivity contribution in [2.45, 2.75) is 25.8 Å². The van der Waals surface area contributed by atoms with Gasteiger partial charge in [0.15, 0.2) is 11.6 Å². The maximum absolute atomic E-state index is 13.8. The Morgan fingerprint density at radius 3 is 2.71 bits per heavy atom. The van der Waals surface area contributed by atoms with E-state index >= 15 is 0 Å². The molecule has 0 aliphatic carbocycles. The molecule has 0 saturated heterocycles. The van der Waals surface area contributed by atoms with Gasteiger partial charge in [-0.1, -0.05) is 24.3 Å². The molecule has 1 N–H and O–H groups in total. The number of rotatable bonds is 6. The van der Waals surface area contributed by atoms with Gasteiger partial charge in [-0.3, -0.25) is 19.3 Å². The Morgan fingerprint density at radius 2 is 2.00 bits per heavy atom. The summed E-state index contributed by atoms with van der Waals surface area (Å²) in [6.07, 6.45) is 0.119. The van der Waals surface area contributed by atoms with Crippen LogP contribution in [0.25, 0.3) is 0 Å². The smallest absolute Gasteiger partial charge is 0.260 e. The number of ether oxygens (including phenoxy) is 1. The highest BCUT2D eigenvalue weighted by molar-refractivity contribution is 6.09. The van der Waals surface area contributed by atoms with Crippen molar-refractivity contribution in [2.24, 2.45) is 0 Å². The molecule has 3 amide bonds. The summed E-state index contributed by atoms with van der Waals surface area (Å²) in [5.41, 5.74) is 1.78. The van der Waals surface area contributed by atoms with Gasteiger partial charge in [-0.25, -0.2) is 4.39 Å². The van der Waals surface area contributed by atoms with Crippen LogP contribution in [0.3, 0.4) is 0 Å². The molecule has 6 nitrogen and oxygen atoms in total. The minimum atomic E-state index is -0.510. The molecular formula is C21H21FN2O4. The normalized spacial score (nSPS) is 14.5. The van der Waals surface area contributed by atoms with E-state index in [-0.39, 0.29) is 42.9 Å². The van der Waals surface area contributed by atoms with Crippen molar-refractivity contribution in [3.8, 4) is 5.75 Å². The molecule has 7 heteroatoms. The maximum Gasteiger partial charge on any atom is 0.260 e. The lowest BCUT2D eigenvalue weighted by molar-refractivity contribution is -0.129. The number of hydrogen-bond donors (Lipinski definition) is 1. The van der Waals surface area contributed by atoms with E-state index in [2.05, 4.69) is 5.32 Å². The van der Waals surface area contributed by atoms with Gasteiger partial charge in [0.25, 0.3) is 5.91 Å². The van der Waals surface area contributed by atoms with Gasteiger partial charge in [0.05, 0.1) is 19.6 Å². The molecule has 28 heavy (non-hydrogen) atoms. The first-order chi connectivity index (χ1) is 13.4. The van der Waals surface area contributed by atoms with E-state index in [1.54, 1.807) is 37.3 Å². The van der Waals surface area contributed by atoms with Crippen LogP contribution in [0.1, 0.15) is 40.9 Å². The van der Waals surface area contributed by atoms with E-state index in [1.807, 2.05) is 0 Å². The molecular weight excluding hydrogens is 363 g/mol. The molecule has 0 fully saturated rings. The summed E-state index contributed by atoms with van der Waals surface area (Å²) < 4.78 is 18.7. The number of amides is 3. The summed E-state index contributed by atoms with van der Waals surface area (Å²) in [5.74, 6) is -1.41. The van der Waals surface area contributed by atoms with Gasteiger partial charge in [-0.05, 0) is 36.2 Å². The van der Waals surface area contributed by atoms with Crippen molar-refractivity contribution in [3.05, 3.63) is 65.0 Å². The topological polar surface area (TPSA) is 75.7 Å². The maximum atomic E-state index is 13.8. The molecule has 1 heterocycles. The molecule has 0 spiro atoms. The highest BCUT2D eigenvalue weighted by atomic mass is 19.1. The van der Waals surface area contributed by atoms with E-state index in [0.717, 1.165) is 4.90 Å². The third kappa shape index (κ3) is 4.03. The van der Waals surface area contributed by atoms with E-state index in [0.29, 0.717) is 16.7 Å². The van der Waals surface area contributed by atoms with E-state index in [9.17, 15) is 18.8 Å². The van der Waals surface area contributed by atoms with Gasteiger partial charge in [0, 0.05) is 18.5 Å². The highest BCUT2D eigenvalue weighted by Gasteiger charge is 2.30. The number of fused-ring (bicyclic) bond motifs is 1. The Morgan fingerprint density at radius 1 is 1.25 bits per heavy atom. The summed E-state index contributed by atoms with van der Waals surface area (Å²) >= 11 is 0. The van der Waals surface area contributed by atoms with Crippen LogP contribution in [-0.4, -0.2) is 36.3 Å². The van der Waals surface area contributed by atoms with Gasteiger partial charge in [-0.15, -0.1) is 0 Å². The lowest BCUT2D eigenvalue weighted by Gasteiger charge is -2.26. The van der Waals surface area contributed by atoms with Crippen LogP contribution < -0.4 is 10.1 Å². The number of benzene rings is 2. The number of nitrogens with zero attached hydrogens (tertiary/aromatic N) is 1. The molecule has 0 unspecified atom stereocenters. The molecule has 3 rings (SSSR count). The summed E-state index contributed by atoms with van der Waals surface area (Å²) in [5, 5.41) is 2.75.